The van der Waals surface area contributed by atoms with Crippen molar-refractivity contribution in [2.75, 3.05) is 13.7 Å². The number of amides is 1. The maximum atomic E-state index is 12.5. The van der Waals surface area contributed by atoms with E-state index in [4.69, 9.17) is 28.4 Å². The maximum Gasteiger partial charge on any atom is 0.408 e. The summed E-state index contributed by atoms with van der Waals surface area (Å²) in [5, 5.41) is 13.4. The average molecular weight is 439 g/mol. The molecule has 10 heteroatoms. The second kappa shape index (κ2) is 9.92. The molecule has 2 heterocycles. The summed E-state index contributed by atoms with van der Waals surface area (Å²) in [5.41, 5.74) is 0.773. The van der Waals surface area contributed by atoms with Gasteiger partial charge in [-0.15, -0.1) is 0 Å². The fraction of sp³-hybridized carbons (Fsp3) is 0.619. The van der Waals surface area contributed by atoms with Crippen LogP contribution in [0.5, 0.6) is 0 Å². The van der Waals surface area contributed by atoms with E-state index in [-0.39, 0.29) is 13.2 Å². The average Bonchev–Trinajstić information content (AvgIpc) is 3.23. The minimum absolute atomic E-state index is 0.000168. The molecular weight excluding hydrogens is 410 g/mol. The number of carbonyl (C=O) groups is 2. The number of hydrogen-bond acceptors (Lipinski definition) is 9. The van der Waals surface area contributed by atoms with E-state index in [0.717, 1.165) is 5.56 Å². The zero-order valence-electron chi connectivity index (χ0n) is 18.0. The first-order valence-electron chi connectivity index (χ1n) is 10.1. The Balaban J connectivity index is 1.70. The van der Waals surface area contributed by atoms with Crippen LogP contribution in [0.25, 0.3) is 0 Å². The van der Waals surface area contributed by atoms with Crippen molar-refractivity contribution < 1.29 is 43.1 Å². The first kappa shape index (κ1) is 23.4. The number of fused-ring (bicyclic) bond motifs is 1. The predicted octanol–water partition coefficient (Wildman–Crippen LogP) is 1.10. The third-order valence-corrected chi connectivity index (χ3v) is 4.98. The first-order chi connectivity index (χ1) is 14.8. The lowest BCUT2D eigenvalue weighted by atomic mass is 10.00. The molecule has 0 aliphatic carbocycles. The molecule has 0 radical (unpaired) electrons. The fourth-order valence-electron chi connectivity index (χ4n) is 3.65. The molecule has 10 nitrogen and oxygen atoms in total. The number of methoxy groups -OCH3 is 1. The van der Waals surface area contributed by atoms with E-state index >= 15 is 0 Å². The largest absolute Gasteiger partial charge is 0.464 e. The highest BCUT2D eigenvalue weighted by atomic mass is 16.8. The minimum Gasteiger partial charge on any atom is -0.464 e. The Labute approximate surface area is 180 Å². The van der Waals surface area contributed by atoms with Crippen molar-refractivity contribution in [2.24, 2.45) is 0 Å². The number of benzene rings is 1. The van der Waals surface area contributed by atoms with E-state index in [0.29, 0.717) is 0 Å². The van der Waals surface area contributed by atoms with Gasteiger partial charge < -0.3 is 38.8 Å². The van der Waals surface area contributed by atoms with Crippen LogP contribution in [0.1, 0.15) is 26.3 Å². The Morgan fingerprint density at radius 1 is 1.16 bits per heavy atom. The summed E-state index contributed by atoms with van der Waals surface area (Å²) < 4.78 is 32.9. The van der Waals surface area contributed by atoms with E-state index in [1.165, 1.54) is 7.11 Å². The molecule has 1 aromatic rings. The van der Waals surface area contributed by atoms with Crippen LogP contribution in [-0.2, 0) is 39.8 Å². The highest BCUT2D eigenvalue weighted by Gasteiger charge is 2.59. The number of carbonyl (C=O) groups excluding carboxylic acids is 2. The van der Waals surface area contributed by atoms with Crippen molar-refractivity contribution in [1.29, 1.82) is 0 Å². The second-order valence-electron chi connectivity index (χ2n) is 7.70. The van der Waals surface area contributed by atoms with Gasteiger partial charge in [-0.3, -0.25) is 0 Å². The molecule has 2 aliphatic heterocycles. The topological polar surface area (TPSA) is 122 Å². The van der Waals surface area contributed by atoms with Crippen LogP contribution < -0.4 is 5.32 Å². The van der Waals surface area contributed by atoms with Crippen LogP contribution in [0.15, 0.2) is 30.3 Å². The predicted molar refractivity (Wildman–Crippen MR) is 106 cm³/mol. The van der Waals surface area contributed by atoms with Gasteiger partial charge in [0.1, 0.15) is 31.0 Å². The number of ether oxygens (including phenoxy) is 6. The molecule has 1 aromatic carbocycles. The van der Waals surface area contributed by atoms with Gasteiger partial charge in [-0.2, -0.15) is 0 Å². The van der Waals surface area contributed by atoms with Gasteiger partial charge in [-0.05, 0) is 26.3 Å². The van der Waals surface area contributed by atoms with E-state index < -0.39 is 54.6 Å². The minimum atomic E-state index is -1.51. The van der Waals surface area contributed by atoms with Gasteiger partial charge in [0.15, 0.2) is 18.1 Å². The number of rotatable bonds is 8. The molecule has 2 saturated heterocycles. The van der Waals surface area contributed by atoms with Gasteiger partial charge in [-0.1, -0.05) is 30.3 Å². The van der Waals surface area contributed by atoms with Crippen LogP contribution >= 0.6 is 0 Å². The summed E-state index contributed by atoms with van der Waals surface area (Å²) in [6.45, 7) is 5.13. The fourth-order valence-corrected chi connectivity index (χ4v) is 3.65. The van der Waals surface area contributed by atoms with Crippen molar-refractivity contribution >= 4 is 12.1 Å². The summed E-state index contributed by atoms with van der Waals surface area (Å²) in [4.78, 5) is 24.8. The lowest BCUT2D eigenvalue weighted by Crippen LogP contribution is -2.56. The second-order valence-corrected chi connectivity index (χ2v) is 7.70. The van der Waals surface area contributed by atoms with E-state index in [9.17, 15) is 14.7 Å². The zero-order chi connectivity index (χ0) is 22.6. The van der Waals surface area contributed by atoms with Crippen molar-refractivity contribution in [3.05, 3.63) is 35.9 Å². The van der Waals surface area contributed by atoms with Crippen LogP contribution in [0.4, 0.5) is 4.79 Å². The molecule has 1 amide bonds. The Bertz CT molecular complexity index is 756. The SMILES string of the molecule is CCOC(=O)C(NC(=O)OCc1ccccc1)C(O)[C@H]1O[C@@H](OC)[C@@H]2OC(C)(C)O[C@@H]21. The first-order valence-corrected chi connectivity index (χ1v) is 10.1. The van der Waals surface area contributed by atoms with Gasteiger partial charge in [-0.25, -0.2) is 9.59 Å². The summed E-state index contributed by atoms with van der Waals surface area (Å²) in [6, 6.07) is 7.61. The lowest BCUT2D eigenvalue weighted by molar-refractivity contribution is -0.238. The summed E-state index contributed by atoms with van der Waals surface area (Å²) in [5.74, 6) is -1.75. The molecule has 31 heavy (non-hydrogen) atoms. The molecular formula is C21H29NO9. The standard InChI is InChI=1S/C21H29NO9/c1-5-27-18(24)13(22-20(25)28-11-12-9-7-6-8-10-12)14(23)15-16-17(19(26-4)29-15)31-21(2,3)30-16/h6-10,13-17,19,23H,5,11H2,1-4H3,(H,22,25)/t13?,14?,15-,16-,17-,19-/m1/s1. The highest BCUT2D eigenvalue weighted by Crippen LogP contribution is 2.40. The van der Waals surface area contributed by atoms with Gasteiger partial charge in [0.25, 0.3) is 0 Å². The van der Waals surface area contributed by atoms with E-state index in [1.54, 1.807) is 32.9 Å². The van der Waals surface area contributed by atoms with Gasteiger partial charge in [0.05, 0.1) is 6.61 Å². The monoisotopic (exact) mass is 439 g/mol. The molecule has 3 rings (SSSR count). The van der Waals surface area contributed by atoms with Crippen molar-refractivity contribution in [1.82, 2.24) is 5.32 Å². The van der Waals surface area contributed by atoms with Gasteiger partial charge >= 0.3 is 12.1 Å². The Morgan fingerprint density at radius 3 is 2.48 bits per heavy atom. The molecule has 172 valence electrons. The molecule has 6 atom stereocenters. The molecule has 0 bridgehead atoms. The molecule has 0 saturated carbocycles. The van der Waals surface area contributed by atoms with Gasteiger partial charge in [0, 0.05) is 7.11 Å². The highest BCUT2D eigenvalue weighted by molar-refractivity contribution is 5.82. The van der Waals surface area contributed by atoms with E-state index in [1.807, 2.05) is 18.2 Å². The van der Waals surface area contributed by atoms with Gasteiger partial charge in [0.2, 0.25) is 0 Å². The third kappa shape index (κ3) is 5.52. The third-order valence-electron chi connectivity index (χ3n) is 4.98. The summed E-state index contributed by atoms with van der Waals surface area (Å²) in [6.07, 6.45) is -5.53. The Hall–Kier alpha value is -2.24. The number of aliphatic hydroxyl groups excluding tert-OH is 1. The molecule has 2 fully saturated rings. The zero-order valence-corrected chi connectivity index (χ0v) is 18.0. The quantitative estimate of drug-likeness (QED) is 0.573. The lowest BCUT2D eigenvalue weighted by Gasteiger charge is -2.29. The summed E-state index contributed by atoms with van der Waals surface area (Å²) >= 11 is 0. The van der Waals surface area contributed by atoms with Crippen molar-refractivity contribution in [3.63, 3.8) is 0 Å². The Morgan fingerprint density at radius 2 is 1.84 bits per heavy atom. The van der Waals surface area contributed by atoms with Crippen LogP contribution in [0.3, 0.4) is 0 Å². The Kier molecular flexibility index (Phi) is 7.50. The normalized spacial score (nSPS) is 28.4. The smallest absolute Gasteiger partial charge is 0.408 e. The molecule has 0 aromatic heterocycles. The molecule has 2 unspecified atom stereocenters. The number of alkyl carbamates (subject to hydrolysis) is 1. The van der Waals surface area contributed by atoms with E-state index in [2.05, 4.69) is 5.32 Å². The molecule has 2 N–H and O–H groups in total. The summed E-state index contributed by atoms with van der Waals surface area (Å²) in [7, 11) is 1.44. The molecule has 0 spiro atoms. The maximum absolute atomic E-state index is 12.5. The van der Waals surface area contributed by atoms with Crippen LogP contribution in [0.2, 0.25) is 0 Å². The van der Waals surface area contributed by atoms with Crippen molar-refractivity contribution in [3.8, 4) is 0 Å². The molecule has 2 aliphatic rings. The number of aliphatic hydroxyl groups is 1. The van der Waals surface area contributed by atoms with Crippen molar-refractivity contribution in [2.45, 2.75) is 69.9 Å². The number of nitrogens with one attached hydrogen (secondary N) is 1. The number of esters is 1. The number of hydrogen-bond donors (Lipinski definition) is 2. The van der Waals surface area contributed by atoms with Crippen LogP contribution in [0, 0.1) is 0 Å². The van der Waals surface area contributed by atoms with Crippen LogP contribution in [-0.4, -0.2) is 73.4 Å².